The van der Waals surface area contributed by atoms with Gasteiger partial charge in [0.05, 0.1) is 5.75 Å². The summed E-state index contributed by atoms with van der Waals surface area (Å²) in [4.78, 5) is 11.8. The summed E-state index contributed by atoms with van der Waals surface area (Å²) < 4.78 is 12.0. The van der Waals surface area contributed by atoms with Gasteiger partial charge in [0.15, 0.2) is 0 Å². The van der Waals surface area contributed by atoms with Gasteiger partial charge in [0.1, 0.15) is 5.75 Å². The number of carbonyl (C=O) groups excluding carboxylic acids is 1. The smallest absolute Gasteiger partial charge is 0.237 e. The lowest BCUT2D eigenvalue weighted by atomic mass is 10.2. The minimum absolute atomic E-state index is 0.0833. The fraction of sp³-hybridized carbons (Fsp3) is 0.133. The second-order valence-electron chi connectivity index (χ2n) is 4.49. The van der Waals surface area contributed by atoms with E-state index in [1.165, 1.54) is 0 Å². The Balaban J connectivity index is 1.91. The summed E-state index contributed by atoms with van der Waals surface area (Å²) in [6.45, 7) is 0. The predicted octanol–water partition coefficient (Wildman–Crippen LogP) is 2.81. The zero-order valence-corrected chi connectivity index (χ0v) is 12.8. The number of hydrogen-bond acceptors (Lipinski definition) is 3. The molecule has 1 amide bonds. The van der Waals surface area contributed by atoms with Crippen molar-refractivity contribution in [3.05, 3.63) is 59.1 Å². The van der Waals surface area contributed by atoms with E-state index < -0.39 is 10.8 Å². The molecule has 0 aromatic heterocycles. The van der Waals surface area contributed by atoms with Crippen molar-refractivity contribution >= 4 is 39.7 Å². The molecule has 0 aliphatic carbocycles. The molecule has 2 aromatic carbocycles. The summed E-state index contributed by atoms with van der Waals surface area (Å²) in [5.74, 6) is -0.143. The maximum absolute atomic E-state index is 12.0. The second-order valence-corrected chi connectivity index (χ2v) is 6.36. The number of anilines is 2. The average molecular weight is 323 g/mol. The zero-order valence-electron chi connectivity index (χ0n) is 11.2. The Kier molecular flexibility index (Phi) is 5.36. The average Bonchev–Trinajstić information content (AvgIpc) is 2.41. The molecule has 0 aliphatic heterocycles. The molecule has 110 valence electrons. The van der Waals surface area contributed by atoms with Gasteiger partial charge in [-0.2, -0.15) is 0 Å². The van der Waals surface area contributed by atoms with E-state index in [0.29, 0.717) is 16.4 Å². The lowest BCUT2D eigenvalue weighted by molar-refractivity contribution is -0.113. The highest BCUT2D eigenvalue weighted by atomic mass is 35.5. The largest absolute Gasteiger partial charge is 0.399 e. The Morgan fingerprint density at radius 2 is 1.95 bits per heavy atom. The highest BCUT2D eigenvalue weighted by Crippen LogP contribution is 2.17. The number of rotatable bonds is 5. The fourth-order valence-corrected chi connectivity index (χ4v) is 3.15. The van der Waals surface area contributed by atoms with Crippen LogP contribution in [0.3, 0.4) is 0 Å². The van der Waals surface area contributed by atoms with Crippen LogP contribution in [0.2, 0.25) is 5.02 Å². The number of halogens is 1. The lowest BCUT2D eigenvalue weighted by Crippen LogP contribution is -2.20. The van der Waals surface area contributed by atoms with Crippen LogP contribution >= 0.6 is 11.6 Å². The zero-order chi connectivity index (χ0) is 15.2. The topological polar surface area (TPSA) is 72.2 Å². The van der Waals surface area contributed by atoms with Crippen LogP contribution in [0.4, 0.5) is 11.4 Å². The Morgan fingerprint density at radius 3 is 2.67 bits per heavy atom. The Hall–Kier alpha value is -1.85. The van der Waals surface area contributed by atoms with E-state index in [4.69, 9.17) is 17.3 Å². The molecule has 1 unspecified atom stereocenters. The molecule has 0 saturated carbocycles. The van der Waals surface area contributed by atoms with Crippen LogP contribution in [0.25, 0.3) is 0 Å². The maximum Gasteiger partial charge on any atom is 0.237 e. The van der Waals surface area contributed by atoms with Crippen LogP contribution in [0.15, 0.2) is 48.5 Å². The monoisotopic (exact) mass is 322 g/mol. The van der Waals surface area contributed by atoms with Crippen LogP contribution in [0.1, 0.15) is 5.56 Å². The molecular weight excluding hydrogens is 308 g/mol. The number of hydrogen-bond donors (Lipinski definition) is 2. The van der Waals surface area contributed by atoms with Crippen LogP contribution in [0.5, 0.6) is 0 Å². The van der Waals surface area contributed by atoms with Gasteiger partial charge in [-0.1, -0.05) is 35.9 Å². The van der Waals surface area contributed by atoms with Gasteiger partial charge in [-0.3, -0.25) is 9.00 Å². The third-order valence-electron chi connectivity index (χ3n) is 2.74. The molecule has 0 radical (unpaired) electrons. The third-order valence-corrected chi connectivity index (χ3v) is 4.32. The van der Waals surface area contributed by atoms with E-state index in [2.05, 4.69) is 5.32 Å². The first-order valence-corrected chi connectivity index (χ1v) is 8.15. The summed E-state index contributed by atoms with van der Waals surface area (Å²) in [7, 11) is -1.32. The van der Waals surface area contributed by atoms with E-state index in [1.54, 1.807) is 42.5 Å². The van der Waals surface area contributed by atoms with Gasteiger partial charge in [0.2, 0.25) is 5.91 Å². The second kappa shape index (κ2) is 7.24. The molecule has 2 aromatic rings. The molecule has 0 saturated heterocycles. The summed E-state index contributed by atoms with van der Waals surface area (Å²) in [6.07, 6.45) is 0. The Morgan fingerprint density at radius 1 is 1.19 bits per heavy atom. The molecule has 0 spiro atoms. The molecule has 0 fully saturated rings. The number of nitrogens with one attached hydrogen (secondary N) is 1. The summed E-state index contributed by atoms with van der Waals surface area (Å²) >= 11 is 6.00. The molecule has 6 heteroatoms. The van der Waals surface area contributed by atoms with Crippen molar-refractivity contribution in [3.63, 3.8) is 0 Å². The highest BCUT2D eigenvalue weighted by molar-refractivity contribution is 7.85. The van der Waals surface area contributed by atoms with Crippen LogP contribution in [-0.4, -0.2) is 15.9 Å². The van der Waals surface area contributed by atoms with Gasteiger partial charge in [-0.25, -0.2) is 0 Å². The summed E-state index contributed by atoms with van der Waals surface area (Å²) in [6, 6.07) is 14.0. The minimum Gasteiger partial charge on any atom is -0.399 e. The van der Waals surface area contributed by atoms with E-state index in [-0.39, 0.29) is 17.4 Å². The first-order valence-electron chi connectivity index (χ1n) is 6.28. The SMILES string of the molecule is Nc1cccc(NC(=O)CS(=O)Cc2ccccc2Cl)c1. The molecule has 0 heterocycles. The molecule has 4 nitrogen and oxygen atoms in total. The predicted molar refractivity (Wildman–Crippen MR) is 87.6 cm³/mol. The van der Waals surface area contributed by atoms with Crippen molar-refractivity contribution < 1.29 is 9.00 Å². The molecule has 1 atom stereocenters. The van der Waals surface area contributed by atoms with Gasteiger partial charge in [-0.05, 0) is 29.8 Å². The first kappa shape index (κ1) is 15.5. The van der Waals surface area contributed by atoms with Crippen molar-refractivity contribution in [1.29, 1.82) is 0 Å². The highest BCUT2D eigenvalue weighted by Gasteiger charge is 2.10. The number of carbonyl (C=O) groups is 1. The van der Waals surface area contributed by atoms with Crippen LogP contribution in [-0.2, 0) is 21.3 Å². The van der Waals surface area contributed by atoms with Gasteiger partial charge < -0.3 is 11.1 Å². The molecule has 3 N–H and O–H groups in total. The number of amides is 1. The fourth-order valence-electron chi connectivity index (χ4n) is 1.80. The quantitative estimate of drug-likeness (QED) is 0.831. The van der Waals surface area contributed by atoms with Crippen molar-refractivity contribution in [2.45, 2.75) is 5.75 Å². The molecule has 2 rings (SSSR count). The van der Waals surface area contributed by atoms with Crippen molar-refractivity contribution in [1.82, 2.24) is 0 Å². The van der Waals surface area contributed by atoms with Crippen molar-refractivity contribution in [2.75, 3.05) is 16.8 Å². The number of nitrogen functional groups attached to an aromatic ring is 1. The summed E-state index contributed by atoms with van der Waals surface area (Å²) in [5.41, 5.74) is 7.55. The van der Waals surface area contributed by atoms with Gasteiger partial charge in [0, 0.05) is 27.2 Å². The standard InChI is InChI=1S/C15H15ClN2O2S/c16-14-7-2-1-4-11(14)9-21(20)10-15(19)18-13-6-3-5-12(17)8-13/h1-8H,9-10,17H2,(H,18,19). The lowest BCUT2D eigenvalue weighted by Gasteiger charge is -2.07. The van der Waals surface area contributed by atoms with Crippen LogP contribution < -0.4 is 11.1 Å². The molecular formula is C15H15ClN2O2S. The van der Waals surface area contributed by atoms with Gasteiger partial charge >= 0.3 is 0 Å². The van der Waals surface area contributed by atoms with Crippen molar-refractivity contribution in [3.8, 4) is 0 Å². The third kappa shape index (κ3) is 4.88. The van der Waals surface area contributed by atoms with E-state index in [0.717, 1.165) is 5.56 Å². The van der Waals surface area contributed by atoms with E-state index in [9.17, 15) is 9.00 Å². The van der Waals surface area contributed by atoms with E-state index >= 15 is 0 Å². The Bertz CT molecular complexity index is 676. The van der Waals surface area contributed by atoms with Crippen LogP contribution in [0, 0.1) is 0 Å². The maximum atomic E-state index is 12.0. The summed E-state index contributed by atoms with van der Waals surface area (Å²) in [5, 5.41) is 3.23. The first-order chi connectivity index (χ1) is 10.0. The molecule has 21 heavy (non-hydrogen) atoms. The van der Waals surface area contributed by atoms with Crippen molar-refractivity contribution in [2.24, 2.45) is 0 Å². The number of benzene rings is 2. The van der Waals surface area contributed by atoms with Gasteiger partial charge in [-0.15, -0.1) is 0 Å². The molecule has 0 aliphatic rings. The Labute approximate surface area is 130 Å². The van der Waals surface area contributed by atoms with Gasteiger partial charge in [0.25, 0.3) is 0 Å². The van der Waals surface area contributed by atoms with E-state index in [1.807, 2.05) is 6.07 Å². The normalized spacial score (nSPS) is 11.9. The minimum atomic E-state index is -1.32. The molecule has 0 bridgehead atoms. The number of nitrogens with two attached hydrogens (primary N) is 1.